The number of nitrogens with two attached hydrogens (primary N) is 1. The first kappa shape index (κ1) is 19.0. The van der Waals surface area contributed by atoms with Gasteiger partial charge < -0.3 is 16.0 Å². The van der Waals surface area contributed by atoms with Crippen LogP contribution in [0.25, 0.3) is 6.08 Å². The van der Waals surface area contributed by atoms with Crippen LogP contribution >= 0.6 is 11.8 Å². The molecule has 0 spiro atoms. The molecule has 2 aromatic carbocycles. The van der Waals surface area contributed by atoms with Crippen molar-refractivity contribution in [3.05, 3.63) is 77.5 Å². The van der Waals surface area contributed by atoms with Crippen LogP contribution in [0.1, 0.15) is 29.0 Å². The fourth-order valence-electron chi connectivity index (χ4n) is 3.32. The van der Waals surface area contributed by atoms with Gasteiger partial charge in [0, 0.05) is 31.1 Å². The fraction of sp³-hybridized carbons (Fsp3) is 0.364. The van der Waals surface area contributed by atoms with Crippen molar-refractivity contribution in [3.63, 3.8) is 0 Å². The highest BCUT2D eigenvalue weighted by Gasteiger charge is 2.26. The van der Waals surface area contributed by atoms with Crippen molar-refractivity contribution in [2.24, 2.45) is 5.73 Å². The second-order valence-corrected chi connectivity index (χ2v) is 7.88. The van der Waals surface area contributed by atoms with Gasteiger partial charge in [0.05, 0.1) is 0 Å². The van der Waals surface area contributed by atoms with Gasteiger partial charge in [0.1, 0.15) is 5.37 Å². The zero-order valence-corrected chi connectivity index (χ0v) is 16.3. The Morgan fingerprint density at radius 2 is 1.88 bits per heavy atom. The molecule has 2 atom stereocenters. The van der Waals surface area contributed by atoms with E-state index < -0.39 is 0 Å². The lowest BCUT2D eigenvalue weighted by Gasteiger charge is -2.39. The maximum atomic E-state index is 5.77. The first-order valence-electron chi connectivity index (χ1n) is 9.40. The molecule has 138 valence electrons. The van der Waals surface area contributed by atoms with E-state index in [2.05, 4.69) is 84.0 Å². The summed E-state index contributed by atoms with van der Waals surface area (Å²) < 4.78 is 0. The standard InChI is InChI=1S/C22H29N3S/c1-18(17-24-14-11-19-7-3-2-4-8-19)25-15-12-20-9-5-6-10-21(20)22(25)26-16-13-23/h2-10,12,15,18,22,24H,11,13-14,16-17,23H2,1H3/t18?,22-/m1/s1. The zero-order valence-electron chi connectivity index (χ0n) is 15.5. The van der Waals surface area contributed by atoms with Gasteiger partial charge in [-0.15, -0.1) is 11.8 Å². The number of thioether (sulfide) groups is 1. The second-order valence-electron chi connectivity index (χ2n) is 6.69. The maximum absolute atomic E-state index is 5.77. The van der Waals surface area contributed by atoms with E-state index in [9.17, 15) is 0 Å². The van der Waals surface area contributed by atoms with Gasteiger partial charge in [-0.25, -0.2) is 0 Å². The molecule has 1 heterocycles. The minimum Gasteiger partial charge on any atom is -0.358 e. The summed E-state index contributed by atoms with van der Waals surface area (Å²) in [5.74, 6) is 0.970. The van der Waals surface area contributed by atoms with Gasteiger partial charge in [0.25, 0.3) is 0 Å². The van der Waals surface area contributed by atoms with Crippen molar-refractivity contribution >= 4 is 17.8 Å². The van der Waals surface area contributed by atoms with Gasteiger partial charge in [-0.2, -0.15) is 0 Å². The highest BCUT2D eigenvalue weighted by molar-refractivity contribution is 7.99. The number of rotatable bonds is 9. The Bertz CT molecular complexity index is 702. The molecule has 0 amide bonds. The Balaban J connectivity index is 1.57. The Morgan fingerprint density at radius 1 is 1.12 bits per heavy atom. The molecule has 26 heavy (non-hydrogen) atoms. The predicted molar refractivity (Wildman–Crippen MR) is 114 cm³/mol. The normalized spacial score (nSPS) is 17.2. The van der Waals surface area contributed by atoms with Crippen LogP contribution in [0.3, 0.4) is 0 Å². The number of nitrogens with one attached hydrogen (secondary N) is 1. The highest BCUT2D eigenvalue weighted by Crippen LogP contribution is 2.39. The Morgan fingerprint density at radius 3 is 2.69 bits per heavy atom. The van der Waals surface area contributed by atoms with Crippen molar-refractivity contribution in [1.82, 2.24) is 10.2 Å². The SMILES string of the molecule is CC(CNCCc1ccccc1)N1C=Cc2ccccc2[C@H]1SCCN. The molecule has 0 saturated heterocycles. The summed E-state index contributed by atoms with van der Waals surface area (Å²) in [4.78, 5) is 2.47. The highest BCUT2D eigenvalue weighted by atomic mass is 32.2. The lowest BCUT2D eigenvalue weighted by molar-refractivity contribution is 0.269. The average Bonchev–Trinajstić information content (AvgIpc) is 2.70. The second kappa shape index (κ2) is 9.81. The van der Waals surface area contributed by atoms with E-state index in [0.717, 1.165) is 25.3 Å². The summed E-state index contributed by atoms with van der Waals surface area (Å²) in [6.07, 6.45) is 5.55. The summed E-state index contributed by atoms with van der Waals surface area (Å²) in [7, 11) is 0. The topological polar surface area (TPSA) is 41.3 Å². The van der Waals surface area contributed by atoms with E-state index in [-0.39, 0.29) is 0 Å². The van der Waals surface area contributed by atoms with Gasteiger partial charge in [0.2, 0.25) is 0 Å². The van der Waals surface area contributed by atoms with Gasteiger partial charge in [0.15, 0.2) is 0 Å². The molecule has 0 aromatic heterocycles. The summed E-state index contributed by atoms with van der Waals surface area (Å²) in [6.45, 7) is 4.98. The largest absolute Gasteiger partial charge is 0.358 e. The van der Waals surface area contributed by atoms with E-state index in [0.29, 0.717) is 18.0 Å². The number of fused-ring (bicyclic) bond motifs is 1. The summed E-state index contributed by atoms with van der Waals surface area (Å²) in [6, 6.07) is 19.8. The first-order valence-corrected chi connectivity index (χ1v) is 10.5. The van der Waals surface area contributed by atoms with E-state index in [1.165, 1.54) is 16.7 Å². The molecule has 0 fully saturated rings. The molecule has 0 bridgehead atoms. The van der Waals surface area contributed by atoms with Crippen molar-refractivity contribution < 1.29 is 0 Å². The maximum Gasteiger partial charge on any atom is 0.101 e. The van der Waals surface area contributed by atoms with Gasteiger partial charge >= 0.3 is 0 Å². The number of nitrogens with zero attached hydrogens (tertiary/aromatic N) is 1. The monoisotopic (exact) mass is 367 g/mol. The molecular formula is C22H29N3S. The van der Waals surface area contributed by atoms with Gasteiger partial charge in [-0.1, -0.05) is 54.6 Å². The van der Waals surface area contributed by atoms with E-state index >= 15 is 0 Å². The quantitative estimate of drug-likeness (QED) is 0.660. The zero-order chi connectivity index (χ0) is 18.2. The number of benzene rings is 2. The summed E-state index contributed by atoms with van der Waals surface area (Å²) in [5, 5.41) is 3.96. The third-order valence-corrected chi connectivity index (χ3v) is 6.02. The predicted octanol–water partition coefficient (Wildman–Crippen LogP) is 3.88. The number of hydrogen-bond donors (Lipinski definition) is 2. The minimum atomic E-state index is 0.339. The molecule has 3 rings (SSSR count). The van der Waals surface area contributed by atoms with Gasteiger partial charge in [-0.05, 0) is 42.7 Å². The molecule has 0 radical (unpaired) electrons. The van der Waals surface area contributed by atoms with Crippen LogP contribution in [-0.2, 0) is 6.42 Å². The fourth-order valence-corrected chi connectivity index (χ4v) is 4.52. The molecule has 3 N–H and O–H groups in total. The van der Waals surface area contributed by atoms with E-state index in [1.807, 2.05) is 11.8 Å². The number of hydrogen-bond acceptors (Lipinski definition) is 4. The van der Waals surface area contributed by atoms with Crippen LogP contribution in [0.4, 0.5) is 0 Å². The van der Waals surface area contributed by atoms with Crippen LogP contribution in [-0.4, -0.2) is 36.3 Å². The lowest BCUT2D eigenvalue weighted by Crippen LogP contribution is -2.40. The summed E-state index contributed by atoms with van der Waals surface area (Å²) >= 11 is 1.93. The van der Waals surface area contributed by atoms with Crippen LogP contribution in [0.15, 0.2) is 60.8 Å². The third-order valence-electron chi connectivity index (χ3n) is 4.73. The third kappa shape index (κ3) is 4.91. The Labute approximate surface area is 161 Å². The summed E-state index contributed by atoms with van der Waals surface area (Å²) in [5.41, 5.74) is 9.87. The molecule has 3 nitrogen and oxygen atoms in total. The molecule has 0 saturated carbocycles. The minimum absolute atomic E-state index is 0.339. The molecule has 1 aliphatic heterocycles. The van der Waals surface area contributed by atoms with Crippen molar-refractivity contribution in [2.75, 3.05) is 25.4 Å². The molecule has 0 aliphatic carbocycles. The van der Waals surface area contributed by atoms with Crippen LogP contribution in [0, 0.1) is 0 Å². The van der Waals surface area contributed by atoms with Crippen molar-refractivity contribution in [3.8, 4) is 0 Å². The van der Waals surface area contributed by atoms with E-state index in [1.54, 1.807) is 0 Å². The molecule has 4 heteroatoms. The smallest absolute Gasteiger partial charge is 0.101 e. The molecule has 1 unspecified atom stereocenters. The molecule has 2 aromatic rings. The first-order chi connectivity index (χ1) is 12.8. The van der Waals surface area contributed by atoms with Crippen LogP contribution < -0.4 is 11.1 Å². The Hall–Kier alpha value is -1.75. The van der Waals surface area contributed by atoms with E-state index in [4.69, 9.17) is 5.73 Å². The van der Waals surface area contributed by atoms with Crippen LogP contribution in [0.2, 0.25) is 0 Å². The lowest BCUT2D eigenvalue weighted by atomic mass is 10.0. The molecule has 1 aliphatic rings. The Kier molecular flexibility index (Phi) is 7.18. The van der Waals surface area contributed by atoms with Gasteiger partial charge in [-0.3, -0.25) is 0 Å². The van der Waals surface area contributed by atoms with Crippen molar-refractivity contribution in [1.29, 1.82) is 0 Å². The van der Waals surface area contributed by atoms with Crippen molar-refractivity contribution in [2.45, 2.75) is 24.8 Å². The average molecular weight is 368 g/mol. The van der Waals surface area contributed by atoms with Crippen LogP contribution in [0.5, 0.6) is 0 Å². The molecular weight excluding hydrogens is 338 g/mol.